The van der Waals surface area contributed by atoms with Crippen molar-refractivity contribution in [2.45, 2.75) is 38.2 Å². The van der Waals surface area contributed by atoms with Gasteiger partial charge in [-0.1, -0.05) is 30.3 Å². The van der Waals surface area contributed by atoms with E-state index in [1.54, 1.807) is 29.2 Å². The largest absolute Gasteiger partial charge is 0.447 e. The Morgan fingerprint density at radius 2 is 1.53 bits per heavy atom. The van der Waals surface area contributed by atoms with Crippen molar-refractivity contribution in [2.75, 3.05) is 26.2 Å². The van der Waals surface area contributed by atoms with Crippen molar-refractivity contribution in [1.82, 2.24) is 9.80 Å². The molecule has 2 aliphatic rings. The van der Waals surface area contributed by atoms with E-state index < -0.39 is 35.5 Å². The predicted octanol–water partition coefficient (Wildman–Crippen LogP) is 4.11. The lowest BCUT2D eigenvalue weighted by Gasteiger charge is -2.33. The third kappa shape index (κ3) is 5.43. The summed E-state index contributed by atoms with van der Waals surface area (Å²) in [6, 6.07) is 11.9. The lowest BCUT2D eigenvalue weighted by Crippen LogP contribution is -2.43. The molecule has 2 amide bonds. The van der Waals surface area contributed by atoms with E-state index in [1.807, 2.05) is 6.07 Å². The number of hydrogen-bond acceptors (Lipinski definition) is 4. The van der Waals surface area contributed by atoms with Gasteiger partial charge in [0.2, 0.25) is 6.10 Å². The van der Waals surface area contributed by atoms with E-state index in [4.69, 9.17) is 4.74 Å². The highest BCUT2D eigenvalue weighted by atomic mass is 19.1. The molecule has 8 heteroatoms. The first-order chi connectivity index (χ1) is 16.4. The molecule has 0 radical (unpaired) electrons. The number of likely N-dealkylation sites (tertiary alicyclic amines) is 2. The van der Waals surface area contributed by atoms with Crippen molar-refractivity contribution in [1.29, 1.82) is 0 Å². The molecular weight excluding hydrogens is 442 g/mol. The van der Waals surface area contributed by atoms with Crippen molar-refractivity contribution >= 4 is 17.8 Å². The maximum atomic E-state index is 14.0. The molecule has 0 N–H and O–H groups in total. The number of carbonyl (C=O) groups excluding carboxylic acids is 3. The van der Waals surface area contributed by atoms with Crippen LogP contribution in [0.3, 0.4) is 0 Å². The van der Waals surface area contributed by atoms with Gasteiger partial charge in [-0.25, -0.2) is 8.78 Å². The monoisotopic (exact) mass is 470 g/mol. The number of halogens is 2. The van der Waals surface area contributed by atoms with Crippen LogP contribution in [0.5, 0.6) is 0 Å². The summed E-state index contributed by atoms with van der Waals surface area (Å²) in [7, 11) is 0. The van der Waals surface area contributed by atoms with Crippen LogP contribution in [0.2, 0.25) is 0 Å². The summed E-state index contributed by atoms with van der Waals surface area (Å²) in [5.41, 5.74) is 0.435. The van der Waals surface area contributed by atoms with Gasteiger partial charge < -0.3 is 14.5 Å². The van der Waals surface area contributed by atoms with Crippen LogP contribution in [0.15, 0.2) is 48.5 Å². The molecule has 0 aromatic heterocycles. The van der Waals surface area contributed by atoms with Crippen LogP contribution in [-0.2, 0) is 14.3 Å². The molecule has 2 saturated heterocycles. The highest BCUT2D eigenvalue weighted by Crippen LogP contribution is 2.27. The van der Waals surface area contributed by atoms with Crippen LogP contribution >= 0.6 is 0 Å². The minimum atomic E-state index is -1.00. The van der Waals surface area contributed by atoms with Gasteiger partial charge in [-0.2, -0.15) is 0 Å². The van der Waals surface area contributed by atoms with Crippen molar-refractivity contribution in [3.05, 3.63) is 71.3 Å². The molecule has 2 aliphatic heterocycles. The number of hydrogen-bond donors (Lipinski definition) is 0. The lowest BCUT2D eigenvalue weighted by molar-refractivity contribution is -0.165. The molecule has 2 fully saturated rings. The first-order valence-electron chi connectivity index (χ1n) is 11.7. The third-order valence-corrected chi connectivity index (χ3v) is 6.51. The standard InChI is InChI=1S/C26H28F2N2O4/c27-20-9-10-21(22(28)17-20)24(31)30-15-11-19(12-16-30)26(33)34-23(18-7-3-1-4-8-18)25(32)29-13-5-2-6-14-29/h1,3-4,7-10,17,19,23H,2,5-6,11-16H2/t23-/m1/s1. The van der Waals surface area contributed by atoms with Gasteiger partial charge in [0, 0.05) is 37.8 Å². The Balaban J connectivity index is 1.40. The third-order valence-electron chi connectivity index (χ3n) is 6.51. The van der Waals surface area contributed by atoms with Crippen molar-refractivity contribution in [3.8, 4) is 0 Å². The zero-order valence-electron chi connectivity index (χ0n) is 18.9. The Morgan fingerprint density at radius 1 is 0.853 bits per heavy atom. The van der Waals surface area contributed by atoms with Gasteiger partial charge in [-0.3, -0.25) is 14.4 Å². The number of esters is 1. The van der Waals surface area contributed by atoms with Gasteiger partial charge in [-0.15, -0.1) is 0 Å². The molecule has 2 heterocycles. The number of nitrogens with zero attached hydrogens (tertiary/aromatic N) is 2. The number of ether oxygens (including phenoxy) is 1. The molecule has 0 aliphatic carbocycles. The van der Waals surface area contributed by atoms with Crippen LogP contribution in [0, 0.1) is 17.6 Å². The van der Waals surface area contributed by atoms with E-state index in [-0.39, 0.29) is 24.6 Å². The van der Waals surface area contributed by atoms with Gasteiger partial charge in [0.05, 0.1) is 11.5 Å². The molecule has 6 nitrogen and oxygen atoms in total. The first-order valence-corrected chi connectivity index (χ1v) is 11.7. The lowest BCUT2D eigenvalue weighted by atomic mass is 9.96. The van der Waals surface area contributed by atoms with Crippen molar-refractivity contribution in [2.24, 2.45) is 5.92 Å². The number of carbonyl (C=O) groups is 3. The molecule has 2 aromatic rings. The SMILES string of the molecule is O=C(O[C@@H](C(=O)N1CCCCC1)c1ccccc1)C1CCN(C(=O)c2ccc(F)cc2F)CC1. The second-order valence-corrected chi connectivity index (χ2v) is 8.80. The van der Waals surface area contributed by atoms with E-state index in [2.05, 4.69) is 0 Å². The molecule has 4 rings (SSSR count). The molecule has 0 unspecified atom stereocenters. The number of benzene rings is 2. The number of amides is 2. The zero-order chi connectivity index (χ0) is 24.1. The fourth-order valence-corrected chi connectivity index (χ4v) is 4.53. The maximum Gasteiger partial charge on any atom is 0.310 e. The normalized spacial score (nSPS) is 17.8. The van der Waals surface area contributed by atoms with Crippen LogP contribution in [-0.4, -0.2) is 53.8 Å². The topological polar surface area (TPSA) is 66.9 Å². The van der Waals surface area contributed by atoms with E-state index >= 15 is 0 Å². The molecule has 1 atom stereocenters. The van der Waals surface area contributed by atoms with Crippen LogP contribution in [0.25, 0.3) is 0 Å². The Morgan fingerprint density at radius 3 is 2.18 bits per heavy atom. The molecule has 0 spiro atoms. The summed E-state index contributed by atoms with van der Waals surface area (Å²) < 4.78 is 32.9. The van der Waals surface area contributed by atoms with Gasteiger partial charge in [0.15, 0.2) is 0 Å². The molecule has 180 valence electrons. The minimum absolute atomic E-state index is 0.196. The summed E-state index contributed by atoms with van der Waals surface area (Å²) in [6.07, 6.45) is 2.63. The van der Waals surface area contributed by atoms with Crippen molar-refractivity contribution < 1.29 is 27.9 Å². The Hall–Kier alpha value is -3.29. The second kappa shape index (κ2) is 10.8. The average molecular weight is 471 g/mol. The number of piperidine rings is 2. The minimum Gasteiger partial charge on any atom is -0.447 e. The van der Waals surface area contributed by atoms with Gasteiger partial charge in [0.25, 0.3) is 11.8 Å². The zero-order valence-corrected chi connectivity index (χ0v) is 18.9. The van der Waals surface area contributed by atoms with E-state index in [9.17, 15) is 23.2 Å². The molecule has 0 bridgehead atoms. The smallest absolute Gasteiger partial charge is 0.310 e. The van der Waals surface area contributed by atoms with E-state index in [0.717, 1.165) is 31.4 Å². The molecule has 34 heavy (non-hydrogen) atoms. The van der Waals surface area contributed by atoms with Gasteiger partial charge >= 0.3 is 5.97 Å². The number of rotatable bonds is 5. The summed E-state index contributed by atoms with van der Waals surface area (Å²) in [6.45, 7) is 1.79. The Bertz CT molecular complexity index is 1030. The van der Waals surface area contributed by atoms with Gasteiger partial charge in [-0.05, 0) is 44.2 Å². The van der Waals surface area contributed by atoms with Crippen molar-refractivity contribution in [3.63, 3.8) is 0 Å². The predicted molar refractivity (Wildman–Crippen MR) is 121 cm³/mol. The highest BCUT2D eigenvalue weighted by Gasteiger charge is 2.35. The Labute approximate surface area is 197 Å². The van der Waals surface area contributed by atoms with Gasteiger partial charge in [0.1, 0.15) is 11.6 Å². The summed E-state index contributed by atoms with van der Waals surface area (Å²) >= 11 is 0. The van der Waals surface area contributed by atoms with E-state index in [1.165, 1.54) is 4.90 Å². The molecule has 0 saturated carbocycles. The molecular formula is C26H28F2N2O4. The fraction of sp³-hybridized carbons (Fsp3) is 0.423. The quantitative estimate of drug-likeness (QED) is 0.617. The first kappa shape index (κ1) is 23.9. The summed E-state index contributed by atoms with van der Waals surface area (Å²) in [5.74, 6) is -3.34. The van der Waals surface area contributed by atoms with Crippen LogP contribution in [0.1, 0.15) is 54.1 Å². The fourth-order valence-electron chi connectivity index (χ4n) is 4.53. The van der Waals surface area contributed by atoms with Crippen LogP contribution in [0.4, 0.5) is 8.78 Å². The molecule has 2 aromatic carbocycles. The summed E-state index contributed by atoms with van der Waals surface area (Å²) in [5, 5.41) is 0. The highest BCUT2D eigenvalue weighted by molar-refractivity contribution is 5.94. The second-order valence-electron chi connectivity index (χ2n) is 8.80. The van der Waals surface area contributed by atoms with E-state index in [0.29, 0.717) is 37.6 Å². The summed E-state index contributed by atoms with van der Waals surface area (Å²) in [4.78, 5) is 42.1. The van der Waals surface area contributed by atoms with Crippen LogP contribution < -0.4 is 0 Å². The average Bonchev–Trinajstić information content (AvgIpc) is 2.87. The Kier molecular flexibility index (Phi) is 7.55. The maximum absolute atomic E-state index is 14.0.